The van der Waals surface area contributed by atoms with E-state index in [4.69, 9.17) is 18.0 Å². The van der Waals surface area contributed by atoms with E-state index in [0.717, 1.165) is 32.0 Å². The molecule has 18 heavy (non-hydrogen) atoms. The summed E-state index contributed by atoms with van der Waals surface area (Å²) in [5.74, 6) is 0.827. The van der Waals surface area contributed by atoms with Crippen LogP contribution < -0.4 is 11.1 Å². The zero-order chi connectivity index (χ0) is 13.4. The van der Waals surface area contributed by atoms with Crippen molar-refractivity contribution in [1.82, 2.24) is 9.88 Å². The zero-order valence-corrected chi connectivity index (χ0v) is 12.0. The number of nitrogens with zero attached hydrogens (tertiary/aromatic N) is 2. The first-order valence-corrected chi connectivity index (χ1v) is 6.81. The van der Waals surface area contributed by atoms with Gasteiger partial charge in [-0.2, -0.15) is 0 Å². The lowest BCUT2D eigenvalue weighted by Crippen LogP contribution is -2.29. The number of thiocarbonyl (C=S) groups is 1. The fourth-order valence-corrected chi connectivity index (χ4v) is 1.87. The van der Waals surface area contributed by atoms with Gasteiger partial charge in [0.15, 0.2) is 0 Å². The second kappa shape index (κ2) is 8.00. The van der Waals surface area contributed by atoms with E-state index in [-0.39, 0.29) is 0 Å². The molecule has 0 amide bonds. The number of likely N-dealkylation sites (N-methyl/N-ethyl adjacent to an activating group) is 1. The van der Waals surface area contributed by atoms with Crippen molar-refractivity contribution in [1.29, 1.82) is 0 Å². The van der Waals surface area contributed by atoms with E-state index in [9.17, 15) is 0 Å². The van der Waals surface area contributed by atoms with E-state index in [1.54, 1.807) is 0 Å². The molecule has 5 heteroatoms. The SMILES string of the molecule is CCCN(CC)CCNc1cccc(C(N)=S)n1. The normalized spacial score (nSPS) is 10.6. The van der Waals surface area contributed by atoms with Gasteiger partial charge >= 0.3 is 0 Å². The molecule has 0 aromatic carbocycles. The van der Waals surface area contributed by atoms with Gasteiger partial charge in [0.1, 0.15) is 10.8 Å². The van der Waals surface area contributed by atoms with Gasteiger partial charge in [0.25, 0.3) is 0 Å². The van der Waals surface area contributed by atoms with Gasteiger partial charge in [-0.3, -0.25) is 0 Å². The number of nitrogens with two attached hydrogens (primary N) is 1. The van der Waals surface area contributed by atoms with Crippen molar-refractivity contribution in [3.63, 3.8) is 0 Å². The molecule has 0 unspecified atom stereocenters. The minimum absolute atomic E-state index is 0.333. The maximum atomic E-state index is 5.55. The molecule has 100 valence electrons. The van der Waals surface area contributed by atoms with Crippen LogP contribution in [0.5, 0.6) is 0 Å². The summed E-state index contributed by atoms with van der Waals surface area (Å²) in [6.45, 7) is 8.49. The summed E-state index contributed by atoms with van der Waals surface area (Å²) in [4.78, 5) is 7.09. The van der Waals surface area contributed by atoms with Crippen LogP contribution in [0.2, 0.25) is 0 Å². The van der Waals surface area contributed by atoms with E-state index in [2.05, 4.69) is 29.0 Å². The highest BCUT2D eigenvalue weighted by molar-refractivity contribution is 7.80. The molecule has 0 saturated heterocycles. The molecule has 1 heterocycles. The molecule has 3 N–H and O–H groups in total. The Morgan fingerprint density at radius 1 is 1.39 bits per heavy atom. The van der Waals surface area contributed by atoms with E-state index < -0.39 is 0 Å². The van der Waals surface area contributed by atoms with Crippen LogP contribution in [0.3, 0.4) is 0 Å². The molecule has 0 aliphatic heterocycles. The van der Waals surface area contributed by atoms with Crippen molar-refractivity contribution in [2.75, 3.05) is 31.5 Å². The van der Waals surface area contributed by atoms with Crippen LogP contribution in [-0.4, -0.2) is 41.1 Å². The van der Waals surface area contributed by atoms with Crippen molar-refractivity contribution in [2.24, 2.45) is 5.73 Å². The average Bonchev–Trinajstić information content (AvgIpc) is 2.38. The molecule has 0 radical (unpaired) electrons. The first-order chi connectivity index (χ1) is 8.67. The van der Waals surface area contributed by atoms with E-state index >= 15 is 0 Å². The summed E-state index contributed by atoms with van der Waals surface area (Å²) in [6, 6.07) is 5.66. The molecular weight excluding hydrogens is 244 g/mol. The molecule has 1 aromatic rings. The Labute approximate surface area is 115 Å². The van der Waals surface area contributed by atoms with Crippen LogP contribution in [0.15, 0.2) is 18.2 Å². The predicted octanol–water partition coefficient (Wildman–Crippen LogP) is 1.86. The number of aromatic nitrogens is 1. The molecule has 1 aromatic heterocycles. The first-order valence-electron chi connectivity index (χ1n) is 6.40. The smallest absolute Gasteiger partial charge is 0.126 e. The highest BCUT2D eigenvalue weighted by Gasteiger charge is 2.02. The summed E-state index contributed by atoms with van der Waals surface area (Å²) >= 11 is 4.91. The standard InChI is InChI=1S/C13H22N4S/c1-3-9-17(4-2)10-8-15-12-7-5-6-11(16-12)13(14)18/h5-7H,3-4,8-10H2,1-2H3,(H2,14,18)(H,15,16). The molecule has 1 rings (SSSR count). The Hall–Kier alpha value is -1.20. The van der Waals surface area contributed by atoms with Crippen LogP contribution in [0.1, 0.15) is 26.0 Å². The van der Waals surface area contributed by atoms with Crippen molar-refractivity contribution < 1.29 is 0 Å². The zero-order valence-electron chi connectivity index (χ0n) is 11.1. The Morgan fingerprint density at radius 3 is 2.78 bits per heavy atom. The Bertz CT molecular complexity index is 381. The number of anilines is 1. The molecular formula is C13H22N4S. The van der Waals surface area contributed by atoms with E-state index in [1.807, 2.05) is 18.2 Å². The molecule has 0 aliphatic carbocycles. The van der Waals surface area contributed by atoms with Crippen LogP contribution in [0.4, 0.5) is 5.82 Å². The lowest BCUT2D eigenvalue weighted by molar-refractivity contribution is 0.300. The molecule has 0 saturated carbocycles. The Balaban J connectivity index is 2.43. The fraction of sp³-hybridized carbons (Fsp3) is 0.538. The van der Waals surface area contributed by atoms with Gasteiger partial charge in [-0.25, -0.2) is 4.98 Å². The highest BCUT2D eigenvalue weighted by atomic mass is 32.1. The number of hydrogen-bond acceptors (Lipinski definition) is 4. The van der Waals surface area contributed by atoms with Gasteiger partial charge in [-0.15, -0.1) is 0 Å². The largest absolute Gasteiger partial charge is 0.388 e. The van der Waals surface area contributed by atoms with Crippen molar-refractivity contribution in [2.45, 2.75) is 20.3 Å². The van der Waals surface area contributed by atoms with Gasteiger partial charge in [0.2, 0.25) is 0 Å². The van der Waals surface area contributed by atoms with Crippen LogP contribution in [0.25, 0.3) is 0 Å². The molecule has 0 fully saturated rings. The van der Waals surface area contributed by atoms with E-state index in [1.165, 1.54) is 6.42 Å². The maximum Gasteiger partial charge on any atom is 0.126 e. The molecule has 0 bridgehead atoms. The molecule has 0 spiro atoms. The molecule has 4 nitrogen and oxygen atoms in total. The van der Waals surface area contributed by atoms with Gasteiger partial charge in [0, 0.05) is 13.1 Å². The third-order valence-electron chi connectivity index (χ3n) is 2.72. The van der Waals surface area contributed by atoms with Crippen molar-refractivity contribution >= 4 is 23.0 Å². The number of pyridine rings is 1. The monoisotopic (exact) mass is 266 g/mol. The predicted molar refractivity (Wildman–Crippen MR) is 81.0 cm³/mol. The minimum atomic E-state index is 0.333. The third kappa shape index (κ3) is 4.98. The molecule has 0 atom stereocenters. The third-order valence-corrected chi connectivity index (χ3v) is 2.93. The average molecular weight is 266 g/mol. The second-order valence-electron chi connectivity index (χ2n) is 4.13. The van der Waals surface area contributed by atoms with Gasteiger partial charge < -0.3 is 16.0 Å². The number of nitrogens with one attached hydrogen (secondary N) is 1. The van der Waals surface area contributed by atoms with Gasteiger partial charge in [0.05, 0.1) is 5.69 Å². The lowest BCUT2D eigenvalue weighted by atomic mass is 10.3. The topological polar surface area (TPSA) is 54.2 Å². The Morgan fingerprint density at radius 2 is 2.17 bits per heavy atom. The molecule has 0 aliphatic rings. The van der Waals surface area contributed by atoms with Gasteiger partial charge in [-0.1, -0.05) is 32.1 Å². The summed E-state index contributed by atoms with van der Waals surface area (Å²) in [5, 5.41) is 3.30. The van der Waals surface area contributed by atoms with Crippen LogP contribution in [-0.2, 0) is 0 Å². The maximum absolute atomic E-state index is 5.55. The number of hydrogen-bond donors (Lipinski definition) is 2. The quantitative estimate of drug-likeness (QED) is 0.703. The summed E-state index contributed by atoms with van der Waals surface area (Å²) in [7, 11) is 0. The summed E-state index contributed by atoms with van der Waals surface area (Å²) in [5.41, 5.74) is 6.22. The first kappa shape index (κ1) is 14.9. The lowest BCUT2D eigenvalue weighted by Gasteiger charge is -2.19. The highest BCUT2D eigenvalue weighted by Crippen LogP contribution is 2.04. The number of rotatable bonds is 8. The van der Waals surface area contributed by atoms with Crippen LogP contribution in [0, 0.1) is 0 Å². The fourth-order valence-electron chi connectivity index (χ4n) is 1.76. The van der Waals surface area contributed by atoms with E-state index in [0.29, 0.717) is 10.7 Å². The van der Waals surface area contributed by atoms with Gasteiger partial charge in [-0.05, 0) is 31.6 Å². The van der Waals surface area contributed by atoms with Crippen LogP contribution >= 0.6 is 12.2 Å². The van der Waals surface area contributed by atoms with Crippen molar-refractivity contribution in [3.05, 3.63) is 23.9 Å². The summed E-state index contributed by atoms with van der Waals surface area (Å²) < 4.78 is 0. The minimum Gasteiger partial charge on any atom is -0.388 e. The van der Waals surface area contributed by atoms with Crippen molar-refractivity contribution in [3.8, 4) is 0 Å². The summed E-state index contributed by atoms with van der Waals surface area (Å²) in [6.07, 6.45) is 1.18. The second-order valence-corrected chi connectivity index (χ2v) is 4.57. The Kier molecular flexibility index (Phi) is 6.60.